The lowest BCUT2D eigenvalue weighted by atomic mass is 10.1. The molecule has 0 spiro atoms. The van der Waals surface area contributed by atoms with Gasteiger partial charge in [0, 0.05) is 34.7 Å². The number of nitrogens with one attached hydrogen (secondary N) is 3. The predicted molar refractivity (Wildman–Crippen MR) is 153 cm³/mol. The van der Waals surface area contributed by atoms with Crippen molar-refractivity contribution in [2.45, 2.75) is 33.4 Å². The van der Waals surface area contributed by atoms with Crippen LogP contribution >= 0.6 is 23.2 Å². The van der Waals surface area contributed by atoms with Gasteiger partial charge in [0.1, 0.15) is 11.5 Å². The van der Waals surface area contributed by atoms with Gasteiger partial charge in [-0.05, 0) is 60.2 Å². The standard InChI is InChI=1S/C29H25Cl2F3N4O3/c1-15(2)27(39)35-13-16-3-6-21(30)20(9-16)28(40)36-18-5-8-24-17(10-18)11-25(38(24)14-26(33)34)29(41)37-19-4-7-23(32)22(31)12-19/h3-12,15,26H,13-14H2,1-2H3,(H,35,39)(H,36,40)(H,37,41). The van der Waals surface area contributed by atoms with E-state index in [9.17, 15) is 27.6 Å². The maximum atomic E-state index is 13.5. The lowest BCUT2D eigenvalue weighted by Gasteiger charge is -2.12. The molecule has 0 unspecified atom stereocenters. The Morgan fingerprint density at radius 1 is 0.854 bits per heavy atom. The molecule has 0 aliphatic rings. The number of hydrogen-bond donors (Lipinski definition) is 3. The fourth-order valence-electron chi connectivity index (χ4n) is 4.09. The number of carbonyl (C=O) groups excluding carboxylic acids is 3. The number of aromatic nitrogens is 1. The minimum atomic E-state index is -2.75. The summed E-state index contributed by atoms with van der Waals surface area (Å²) in [5.74, 6) is -2.22. The van der Waals surface area contributed by atoms with E-state index in [4.69, 9.17) is 23.2 Å². The Morgan fingerprint density at radius 3 is 2.22 bits per heavy atom. The first-order chi connectivity index (χ1) is 19.4. The van der Waals surface area contributed by atoms with E-state index in [2.05, 4.69) is 16.0 Å². The third kappa shape index (κ3) is 7.20. The summed E-state index contributed by atoms with van der Waals surface area (Å²) in [5, 5.41) is 8.46. The number of hydrogen-bond acceptors (Lipinski definition) is 3. The number of fused-ring (bicyclic) bond motifs is 1. The van der Waals surface area contributed by atoms with Crippen LogP contribution < -0.4 is 16.0 Å². The highest BCUT2D eigenvalue weighted by Gasteiger charge is 2.20. The Balaban J connectivity index is 1.58. The van der Waals surface area contributed by atoms with Crippen LogP contribution in [0.2, 0.25) is 10.0 Å². The molecule has 12 heteroatoms. The smallest absolute Gasteiger partial charge is 0.272 e. The third-order valence-corrected chi connectivity index (χ3v) is 6.78. The first-order valence-electron chi connectivity index (χ1n) is 12.5. The summed E-state index contributed by atoms with van der Waals surface area (Å²) in [6, 6.07) is 14.4. The summed E-state index contributed by atoms with van der Waals surface area (Å²) in [6.07, 6.45) is -2.75. The van der Waals surface area contributed by atoms with E-state index >= 15 is 0 Å². The molecule has 0 fully saturated rings. The monoisotopic (exact) mass is 604 g/mol. The SMILES string of the molecule is CC(C)C(=O)NCc1ccc(Cl)c(C(=O)Nc2ccc3c(c2)cc(C(=O)Nc2ccc(F)c(Cl)c2)n3CC(F)F)c1. The molecule has 4 aromatic rings. The number of anilines is 2. The maximum Gasteiger partial charge on any atom is 0.272 e. The van der Waals surface area contributed by atoms with Gasteiger partial charge in [0.15, 0.2) is 0 Å². The van der Waals surface area contributed by atoms with Crippen LogP contribution in [0.15, 0.2) is 60.7 Å². The lowest BCUT2D eigenvalue weighted by Crippen LogP contribution is -2.27. The molecule has 214 valence electrons. The fraction of sp³-hybridized carbons (Fsp3) is 0.207. The van der Waals surface area contributed by atoms with Crippen molar-refractivity contribution in [3.8, 4) is 0 Å². The zero-order valence-corrected chi connectivity index (χ0v) is 23.4. The topological polar surface area (TPSA) is 92.2 Å². The normalized spacial score (nSPS) is 11.2. The van der Waals surface area contributed by atoms with Gasteiger partial charge in [-0.15, -0.1) is 0 Å². The van der Waals surface area contributed by atoms with Gasteiger partial charge in [0.25, 0.3) is 18.2 Å². The molecule has 3 amide bonds. The van der Waals surface area contributed by atoms with Gasteiger partial charge in [0.2, 0.25) is 5.91 Å². The second-order valence-electron chi connectivity index (χ2n) is 9.53. The van der Waals surface area contributed by atoms with Crippen molar-refractivity contribution in [1.29, 1.82) is 0 Å². The van der Waals surface area contributed by atoms with Gasteiger partial charge in [-0.2, -0.15) is 0 Å². The molecule has 1 aromatic heterocycles. The van der Waals surface area contributed by atoms with Crippen molar-refractivity contribution in [2.75, 3.05) is 10.6 Å². The summed E-state index contributed by atoms with van der Waals surface area (Å²) in [6.45, 7) is 3.00. The summed E-state index contributed by atoms with van der Waals surface area (Å²) in [7, 11) is 0. The molecule has 3 N–H and O–H groups in total. The van der Waals surface area contributed by atoms with E-state index in [0.717, 1.165) is 10.6 Å². The van der Waals surface area contributed by atoms with Gasteiger partial charge in [0.05, 0.1) is 22.2 Å². The van der Waals surface area contributed by atoms with Crippen molar-refractivity contribution < 1.29 is 27.6 Å². The van der Waals surface area contributed by atoms with Crippen molar-refractivity contribution in [3.63, 3.8) is 0 Å². The van der Waals surface area contributed by atoms with E-state index in [0.29, 0.717) is 22.2 Å². The van der Waals surface area contributed by atoms with Gasteiger partial charge in [-0.25, -0.2) is 13.2 Å². The highest BCUT2D eigenvalue weighted by Crippen LogP contribution is 2.27. The van der Waals surface area contributed by atoms with E-state index in [-0.39, 0.29) is 45.4 Å². The number of halogens is 5. The summed E-state index contributed by atoms with van der Waals surface area (Å²) in [4.78, 5) is 38.0. The van der Waals surface area contributed by atoms with Crippen LogP contribution in [0.4, 0.5) is 24.5 Å². The molecule has 7 nitrogen and oxygen atoms in total. The second-order valence-corrected chi connectivity index (χ2v) is 10.3. The number of benzene rings is 3. The predicted octanol–water partition coefficient (Wildman–Crippen LogP) is 7.13. The Hall–Kier alpha value is -4.02. The molecule has 0 bridgehead atoms. The zero-order chi connectivity index (χ0) is 29.8. The van der Waals surface area contributed by atoms with Gasteiger partial charge in [-0.3, -0.25) is 14.4 Å². The average Bonchev–Trinajstić information content (AvgIpc) is 3.26. The molecule has 0 atom stereocenters. The minimum absolute atomic E-state index is 0.0663. The van der Waals surface area contributed by atoms with Crippen LogP contribution in [-0.2, 0) is 17.9 Å². The number of nitrogens with zero attached hydrogens (tertiary/aromatic N) is 1. The van der Waals surface area contributed by atoms with Gasteiger partial charge in [-0.1, -0.05) is 43.1 Å². The number of rotatable bonds is 9. The number of carbonyl (C=O) groups is 3. The Labute approximate surface area is 243 Å². The largest absolute Gasteiger partial charge is 0.352 e. The Bertz CT molecular complexity index is 1640. The van der Waals surface area contributed by atoms with Crippen LogP contribution in [-0.4, -0.2) is 28.7 Å². The molecule has 3 aromatic carbocycles. The fourth-order valence-corrected chi connectivity index (χ4v) is 4.47. The molecule has 0 saturated carbocycles. The second kappa shape index (κ2) is 12.7. The third-order valence-electron chi connectivity index (χ3n) is 6.16. The number of amides is 3. The molecule has 0 saturated heterocycles. The van der Waals surface area contributed by atoms with Crippen molar-refractivity contribution in [2.24, 2.45) is 5.92 Å². The molecule has 1 heterocycles. The first-order valence-corrected chi connectivity index (χ1v) is 13.2. The Kier molecular flexibility index (Phi) is 9.25. The Morgan fingerprint density at radius 2 is 1.54 bits per heavy atom. The van der Waals surface area contributed by atoms with Crippen LogP contribution in [0.5, 0.6) is 0 Å². The molecular formula is C29H25Cl2F3N4O3. The maximum absolute atomic E-state index is 13.5. The van der Waals surface area contributed by atoms with Crippen LogP contribution in [0.25, 0.3) is 10.9 Å². The lowest BCUT2D eigenvalue weighted by molar-refractivity contribution is -0.124. The van der Waals surface area contributed by atoms with Crippen molar-refractivity contribution in [3.05, 3.63) is 93.3 Å². The first kappa shape index (κ1) is 30.0. The van der Waals surface area contributed by atoms with Crippen LogP contribution in [0, 0.1) is 11.7 Å². The molecule has 0 aliphatic heterocycles. The van der Waals surface area contributed by atoms with E-state index in [1.54, 1.807) is 38.1 Å². The summed E-state index contributed by atoms with van der Waals surface area (Å²) >= 11 is 12.0. The minimum Gasteiger partial charge on any atom is -0.352 e. The average molecular weight is 605 g/mol. The van der Waals surface area contributed by atoms with Gasteiger partial charge < -0.3 is 20.5 Å². The number of alkyl halides is 2. The summed E-state index contributed by atoms with van der Waals surface area (Å²) < 4.78 is 41.5. The van der Waals surface area contributed by atoms with Gasteiger partial charge >= 0.3 is 0 Å². The highest BCUT2D eigenvalue weighted by molar-refractivity contribution is 6.34. The zero-order valence-electron chi connectivity index (χ0n) is 21.9. The molecule has 41 heavy (non-hydrogen) atoms. The van der Waals surface area contributed by atoms with Crippen molar-refractivity contribution >= 4 is 63.2 Å². The highest BCUT2D eigenvalue weighted by atomic mass is 35.5. The molecule has 4 rings (SSSR count). The van der Waals surface area contributed by atoms with Crippen LogP contribution in [0.1, 0.15) is 40.3 Å². The molecular weight excluding hydrogens is 580 g/mol. The van der Waals surface area contributed by atoms with Crippen LogP contribution in [0.3, 0.4) is 0 Å². The summed E-state index contributed by atoms with van der Waals surface area (Å²) in [5.41, 5.74) is 1.65. The quantitative estimate of drug-likeness (QED) is 0.190. The van der Waals surface area contributed by atoms with E-state index in [1.807, 2.05) is 0 Å². The van der Waals surface area contributed by atoms with E-state index < -0.39 is 30.6 Å². The molecule has 0 aliphatic carbocycles. The van der Waals surface area contributed by atoms with Crippen molar-refractivity contribution in [1.82, 2.24) is 9.88 Å². The molecule has 0 radical (unpaired) electrons. The van der Waals surface area contributed by atoms with E-state index in [1.165, 1.54) is 30.3 Å².